The van der Waals surface area contributed by atoms with Crippen molar-refractivity contribution in [2.24, 2.45) is 0 Å². The molecule has 76 valence electrons. The molecule has 1 aromatic rings. The average Bonchev–Trinajstić information content (AvgIpc) is 2.35. The van der Waals surface area contributed by atoms with Gasteiger partial charge in [0.15, 0.2) is 0 Å². The van der Waals surface area contributed by atoms with E-state index in [2.05, 4.69) is 0 Å². The van der Waals surface area contributed by atoms with Gasteiger partial charge in [0.25, 0.3) is 0 Å². The third-order valence-electron chi connectivity index (χ3n) is 2.37. The first-order valence-electron chi connectivity index (χ1n) is 4.42. The summed E-state index contributed by atoms with van der Waals surface area (Å²) in [4.78, 5) is 0. The molecule has 1 aromatic carbocycles. The molecule has 4 heteroatoms. The molecule has 1 atom stereocenters. The molecule has 1 nitrogen and oxygen atoms in total. The number of halogens is 2. The Morgan fingerprint density at radius 2 is 2.29 bits per heavy atom. The van der Waals surface area contributed by atoms with Crippen LogP contribution in [0.25, 0.3) is 0 Å². The van der Waals surface area contributed by atoms with Crippen LogP contribution in [0.15, 0.2) is 12.1 Å². The van der Waals surface area contributed by atoms with Crippen LogP contribution in [-0.4, -0.2) is 10.9 Å². The van der Waals surface area contributed by atoms with E-state index in [0.29, 0.717) is 23.3 Å². The lowest BCUT2D eigenvalue weighted by molar-refractivity contribution is 0.174. The molecule has 1 heterocycles. The monoisotopic (exact) mass is 232 g/mol. The summed E-state index contributed by atoms with van der Waals surface area (Å²) in [5.74, 6) is 1.07. The Bertz CT molecular complexity index is 356. The van der Waals surface area contributed by atoms with E-state index >= 15 is 0 Å². The number of hydrogen-bond acceptors (Lipinski definition) is 2. The zero-order valence-electron chi connectivity index (χ0n) is 7.46. The van der Waals surface area contributed by atoms with Gasteiger partial charge >= 0.3 is 0 Å². The molecule has 1 aliphatic heterocycles. The van der Waals surface area contributed by atoms with Crippen LogP contribution < -0.4 is 0 Å². The molecule has 0 amide bonds. The van der Waals surface area contributed by atoms with Crippen LogP contribution in [0.5, 0.6) is 0 Å². The van der Waals surface area contributed by atoms with Crippen molar-refractivity contribution in [3.05, 3.63) is 34.1 Å². The van der Waals surface area contributed by atoms with Gasteiger partial charge < -0.3 is 5.11 Å². The van der Waals surface area contributed by atoms with E-state index in [9.17, 15) is 9.50 Å². The van der Waals surface area contributed by atoms with E-state index in [4.69, 9.17) is 11.6 Å². The van der Waals surface area contributed by atoms with E-state index in [1.54, 1.807) is 17.8 Å². The van der Waals surface area contributed by atoms with Crippen molar-refractivity contribution in [2.45, 2.75) is 18.3 Å². The molecule has 0 radical (unpaired) electrons. The molecule has 0 aliphatic carbocycles. The number of fused-ring (bicyclic) bond motifs is 1. The Morgan fingerprint density at radius 3 is 3.07 bits per heavy atom. The van der Waals surface area contributed by atoms with Gasteiger partial charge in [-0.2, -0.15) is 11.8 Å². The molecule has 0 unspecified atom stereocenters. The summed E-state index contributed by atoms with van der Waals surface area (Å²) in [6.45, 7) is 0. The third kappa shape index (κ3) is 1.76. The van der Waals surface area contributed by atoms with Gasteiger partial charge in [0.2, 0.25) is 0 Å². The molecular weight excluding hydrogens is 223 g/mol. The van der Waals surface area contributed by atoms with E-state index in [1.165, 1.54) is 6.07 Å². The van der Waals surface area contributed by atoms with Gasteiger partial charge in [-0.05, 0) is 23.8 Å². The van der Waals surface area contributed by atoms with Gasteiger partial charge in [0.05, 0.1) is 11.1 Å². The Hall–Kier alpha value is -0.250. The number of rotatable bonds is 0. The van der Waals surface area contributed by atoms with E-state index < -0.39 is 6.10 Å². The highest BCUT2D eigenvalue weighted by Crippen LogP contribution is 2.34. The summed E-state index contributed by atoms with van der Waals surface area (Å²) in [6, 6.07) is 3.23. The SMILES string of the molecule is O[C@H]1CCSCc2c1ccc(Cl)c2F. The summed E-state index contributed by atoms with van der Waals surface area (Å²) >= 11 is 7.31. The summed E-state index contributed by atoms with van der Waals surface area (Å²) in [7, 11) is 0. The first-order chi connectivity index (χ1) is 6.70. The van der Waals surface area contributed by atoms with Gasteiger partial charge in [0.1, 0.15) is 5.82 Å². The van der Waals surface area contributed by atoms with Gasteiger partial charge in [0, 0.05) is 11.3 Å². The minimum absolute atomic E-state index is 0.137. The normalized spacial score (nSPS) is 21.5. The van der Waals surface area contributed by atoms with Crippen LogP contribution in [-0.2, 0) is 5.75 Å². The highest BCUT2D eigenvalue weighted by molar-refractivity contribution is 7.98. The molecule has 1 aliphatic rings. The fraction of sp³-hybridized carbons (Fsp3) is 0.400. The lowest BCUT2D eigenvalue weighted by atomic mass is 10.0. The topological polar surface area (TPSA) is 20.2 Å². The van der Waals surface area contributed by atoms with Crippen molar-refractivity contribution in [3.63, 3.8) is 0 Å². The summed E-state index contributed by atoms with van der Waals surface area (Å²) in [5.41, 5.74) is 1.25. The molecule has 0 fully saturated rings. The second-order valence-electron chi connectivity index (χ2n) is 3.29. The van der Waals surface area contributed by atoms with Crippen LogP contribution in [0.2, 0.25) is 5.02 Å². The van der Waals surface area contributed by atoms with E-state index in [-0.39, 0.29) is 10.8 Å². The molecule has 0 bridgehead atoms. The van der Waals surface area contributed by atoms with Crippen LogP contribution in [0.1, 0.15) is 23.7 Å². The lowest BCUT2D eigenvalue weighted by Gasteiger charge is -2.12. The lowest BCUT2D eigenvalue weighted by Crippen LogP contribution is -2.01. The van der Waals surface area contributed by atoms with Crippen molar-refractivity contribution in [1.82, 2.24) is 0 Å². The van der Waals surface area contributed by atoms with Crippen molar-refractivity contribution in [2.75, 3.05) is 5.75 Å². The number of thioether (sulfide) groups is 1. The third-order valence-corrected chi connectivity index (χ3v) is 3.68. The van der Waals surface area contributed by atoms with Crippen LogP contribution in [0.4, 0.5) is 4.39 Å². The van der Waals surface area contributed by atoms with Crippen molar-refractivity contribution >= 4 is 23.4 Å². The van der Waals surface area contributed by atoms with Gasteiger partial charge in [-0.25, -0.2) is 4.39 Å². The molecule has 0 spiro atoms. The van der Waals surface area contributed by atoms with Crippen molar-refractivity contribution < 1.29 is 9.50 Å². The second-order valence-corrected chi connectivity index (χ2v) is 4.80. The minimum Gasteiger partial charge on any atom is -0.388 e. The quantitative estimate of drug-likeness (QED) is 0.742. The number of aliphatic hydroxyl groups excluding tert-OH is 1. The molecule has 14 heavy (non-hydrogen) atoms. The summed E-state index contributed by atoms with van der Waals surface area (Å²) < 4.78 is 13.6. The Morgan fingerprint density at radius 1 is 1.50 bits per heavy atom. The molecular formula is C10H10ClFOS. The zero-order chi connectivity index (χ0) is 10.1. The molecule has 1 N–H and O–H groups in total. The first kappa shape index (κ1) is 10.3. The Labute approximate surface area is 91.3 Å². The predicted octanol–water partition coefficient (Wildman–Crippen LogP) is 3.15. The number of benzene rings is 1. The standard InChI is InChI=1S/C10H10ClFOS/c11-8-2-1-6-7(10(8)12)5-14-4-3-9(6)13/h1-2,9,13H,3-5H2/t9-/m0/s1. The average molecular weight is 233 g/mol. The van der Waals surface area contributed by atoms with Crippen molar-refractivity contribution in [3.8, 4) is 0 Å². The van der Waals surface area contributed by atoms with E-state index in [0.717, 1.165) is 5.75 Å². The van der Waals surface area contributed by atoms with Crippen LogP contribution in [0.3, 0.4) is 0 Å². The fourth-order valence-corrected chi connectivity index (χ4v) is 2.80. The minimum atomic E-state index is -0.549. The highest BCUT2D eigenvalue weighted by atomic mass is 35.5. The number of hydrogen-bond donors (Lipinski definition) is 1. The van der Waals surface area contributed by atoms with Gasteiger partial charge in [-0.15, -0.1) is 0 Å². The molecule has 0 saturated carbocycles. The smallest absolute Gasteiger partial charge is 0.146 e. The Kier molecular flexibility index (Phi) is 3.00. The summed E-state index contributed by atoms with van der Waals surface area (Å²) in [6.07, 6.45) is 0.130. The molecule has 0 aromatic heterocycles. The number of aliphatic hydroxyl groups is 1. The van der Waals surface area contributed by atoms with Gasteiger partial charge in [-0.3, -0.25) is 0 Å². The highest BCUT2D eigenvalue weighted by Gasteiger charge is 2.20. The zero-order valence-corrected chi connectivity index (χ0v) is 9.04. The van der Waals surface area contributed by atoms with Crippen LogP contribution >= 0.6 is 23.4 Å². The second kappa shape index (κ2) is 4.09. The summed E-state index contributed by atoms with van der Waals surface area (Å²) in [5, 5.41) is 9.87. The predicted molar refractivity (Wildman–Crippen MR) is 57.1 cm³/mol. The van der Waals surface area contributed by atoms with Gasteiger partial charge in [-0.1, -0.05) is 17.7 Å². The Balaban J connectivity index is 2.53. The van der Waals surface area contributed by atoms with Crippen molar-refractivity contribution in [1.29, 1.82) is 0 Å². The molecule has 0 saturated heterocycles. The van der Waals surface area contributed by atoms with Crippen LogP contribution in [0, 0.1) is 5.82 Å². The maximum Gasteiger partial charge on any atom is 0.146 e. The first-order valence-corrected chi connectivity index (χ1v) is 5.96. The maximum absolute atomic E-state index is 13.6. The largest absolute Gasteiger partial charge is 0.388 e. The maximum atomic E-state index is 13.6. The fourth-order valence-electron chi connectivity index (χ4n) is 1.59. The van der Waals surface area contributed by atoms with E-state index in [1.807, 2.05) is 0 Å². The molecule has 2 rings (SSSR count).